The Morgan fingerprint density at radius 1 is 1.00 bits per heavy atom. The number of hydrogen-bond donors (Lipinski definition) is 0. The molecule has 0 aliphatic rings. The number of ether oxygens (including phenoxy) is 1. The smallest absolute Gasteiger partial charge is 0.337 e. The number of carbonyl (C=O) groups is 1. The number of aryl methyl sites for hydroxylation is 2. The van der Waals surface area contributed by atoms with Crippen molar-refractivity contribution in [3.8, 4) is 11.4 Å². The van der Waals surface area contributed by atoms with Gasteiger partial charge in [-0.2, -0.15) is 0 Å². The van der Waals surface area contributed by atoms with Crippen molar-refractivity contribution in [3.63, 3.8) is 0 Å². The Morgan fingerprint density at radius 2 is 1.68 bits per heavy atom. The molecule has 0 unspecified atom stereocenters. The van der Waals surface area contributed by atoms with Crippen molar-refractivity contribution < 1.29 is 9.53 Å². The number of hydrogen-bond acceptors (Lipinski definition) is 5. The van der Waals surface area contributed by atoms with Gasteiger partial charge < -0.3 is 4.74 Å². The van der Waals surface area contributed by atoms with Gasteiger partial charge in [-0.25, -0.2) is 9.36 Å². The molecule has 0 saturated carbocycles. The quantitative estimate of drug-likeness (QED) is 0.428. The number of carbonyl (C=O) groups excluding carboxylic acids is 1. The zero-order valence-electron chi connectivity index (χ0n) is 17.5. The summed E-state index contributed by atoms with van der Waals surface area (Å²) in [5, 5.41) is 0.469. The fourth-order valence-corrected chi connectivity index (χ4v) is 4.68. The van der Waals surface area contributed by atoms with E-state index in [-0.39, 0.29) is 17.9 Å². The van der Waals surface area contributed by atoms with Gasteiger partial charge in [0.1, 0.15) is 10.6 Å². The van der Waals surface area contributed by atoms with Gasteiger partial charge in [0.15, 0.2) is 5.78 Å². The third-order valence-electron chi connectivity index (χ3n) is 5.25. The highest BCUT2D eigenvalue weighted by atomic mass is 32.1. The molecule has 0 fully saturated rings. The predicted octanol–water partition coefficient (Wildman–Crippen LogP) is 4.11. The van der Waals surface area contributed by atoms with E-state index in [1.54, 1.807) is 48.5 Å². The van der Waals surface area contributed by atoms with Crippen LogP contribution in [-0.2, 0) is 6.54 Å². The number of Topliss-reactive ketones (excluding diaryl/α,β-unsaturated/α-hetero) is 1. The Morgan fingerprint density at radius 3 is 2.32 bits per heavy atom. The zero-order valence-corrected chi connectivity index (χ0v) is 18.4. The first-order chi connectivity index (χ1) is 14.9. The van der Waals surface area contributed by atoms with Gasteiger partial charge in [0.25, 0.3) is 5.56 Å². The van der Waals surface area contributed by atoms with E-state index >= 15 is 0 Å². The van der Waals surface area contributed by atoms with Crippen molar-refractivity contribution in [2.24, 2.45) is 0 Å². The Hall–Kier alpha value is -3.45. The van der Waals surface area contributed by atoms with E-state index in [2.05, 4.69) is 0 Å². The molecule has 4 aromatic rings. The van der Waals surface area contributed by atoms with Crippen LogP contribution < -0.4 is 16.0 Å². The van der Waals surface area contributed by atoms with E-state index in [1.807, 2.05) is 26.8 Å². The van der Waals surface area contributed by atoms with Crippen LogP contribution in [0, 0.1) is 13.8 Å². The Kier molecular flexibility index (Phi) is 5.61. The van der Waals surface area contributed by atoms with Gasteiger partial charge in [0.2, 0.25) is 0 Å². The van der Waals surface area contributed by atoms with Crippen LogP contribution in [-0.4, -0.2) is 21.5 Å². The van der Waals surface area contributed by atoms with E-state index in [4.69, 9.17) is 4.74 Å². The summed E-state index contributed by atoms with van der Waals surface area (Å²) in [4.78, 5) is 41.2. The van der Waals surface area contributed by atoms with Crippen LogP contribution in [0.25, 0.3) is 15.9 Å². The molecule has 0 aliphatic heterocycles. The van der Waals surface area contributed by atoms with E-state index in [0.29, 0.717) is 33.8 Å². The summed E-state index contributed by atoms with van der Waals surface area (Å²) in [6.45, 7) is 6.04. The summed E-state index contributed by atoms with van der Waals surface area (Å²) in [5.41, 5.74) is 0.864. The van der Waals surface area contributed by atoms with E-state index in [9.17, 15) is 14.4 Å². The monoisotopic (exact) mass is 434 g/mol. The summed E-state index contributed by atoms with van der Waals surface area (Å²) >= 11 is 1.36. The second-order valence-corrected chi connectivity index (χ2v) is 8.39. The number of ketones is 1. The lowest BCUT2D eigenvalue weighted by molar-refractivity contribution is 0.0971. The van der Waals surface area contributed by atoms with Crippen LogP contribution in [0.1, 0.15) is 27.7 Å². The molecule has 2 aromatic heterocycles. The highest BCUT2D eigenvalue weighted by molar-refractivity contribution is 7.18. The predicted molar refractivity (Wildman–Crippen MR) is 123 cm³/mol. The van der Waals surface area contributed by atoms with Crippen LogP contribution in [0.2, 0.25) is 0 Å². The van der Waals surface area contributed by atoms with Crippen LogP contribution in [0.3, 0.4) is 0 Å². The first-order valence-electron chi connectivity index (χ1n) is 9.99. The number of rotatable bonds is 6. The molecular formula is C24H22N2O4S. The fraction of sp³-hybridized carbons (Fsp3) is 0.208. The molecule has 2 heterocycles. The molecule has 7 heteroatoms. The lowest BCUT2D eigenvalue weighted by Crippen LogP contribution is -2.39. The van der Waals surface area contributed by atoms with E-state index in [0.717, 1.165) is 15.0 Å². The average Bonchev–Trinajstić information content (AvgIpc) is 3.07. The highest BCUT2D eigenvalue weighted by Crippen LogP contribution is 2.27. The minimum absolute atomic E-state index is 0.143. The Labute approximate surface area is 183 Å². The van der Waals surface area contributed by atoms with E-state index < -0.39 is 5.69 Å². The minimum Gasteiger partial charge on any atom is -0.494 e. The number of nitrogens with zero attached hydrogens (tertiary/aromatic N) is 2. The number of aromatic nitrogens is 2. The third-order valence-corrected chi connectivity index (χ3v) is 6.48. The molecule has 0 amide bonds. The largest absolute Gasteiger partial charge is 0.494 e. The van der Waals surface area contributed by atoms with E-state index in [1.165, 1.54) is 15.9 Å². The molecule has 158 valence electrons. The van der Waals surface area contributed by atoms with Crippen molar-refractivity contribution in [2.75, 3.05) is 6.61 Å². The van der Waals surface area contributed by atoms with Crippen LogP contribution >= 0.6 is 11.3 Å². The molecule has 2 aromatic carbocycles. The maximum Gasteiger partial charge on any atom is 0.337 e. The summed E-state index contributed by atoms with van der Waals surface area (Å²) in [5.74, 6) is 0.465. The van der Waals surface area contributed by atoms with Gasteiger partial charge in [0, 0.05) is 10.4 Å². The molecule has 0 radical (unpaired) electrons. The average molecular weight is 435 g/mol. The van der Waals surface area contributed by atoms with Crippen molar-refractivity contribution in [2.45, 2.75) is 27.3 Å². The second kappa shape index (κ2) is 8.35. The maximum absolute atomic E-state index is 13.5. The Bertz CT molecular complexity index is 1380. The van der Waals surface area contributed by atoms with Crippen molar-refractivity contribution in [3.05, 3.63) is 91.4 Å². The third kappa shape index (κ3) is 3.72. The molecule has 6 nitrogen and oxygen atoms in total. The summed E-state index contributed by atoms with van der Waals surface area (Å²) < 4.78 is 8.01. The van der Waals surface area contributed by atoms with Gasteiger partial charge in [-0.05, 0) is 50.6 Å². The normalized spacial score (nSPS) is 11.1. The van der Waals surface area contributed by atoms with Gasteiger partial charge >= 0.3 is 5.69 Å². The van der Waals surface area contributed by atoms with Gasteiger partial charge in [0.05, 0.1) is 24.2 Å². The number of benzene rings is 2. The first kappa shape index (κ1) is 20.8. The lowest BCUT2D eigenvalue weighted by atomic mass is 10.1. The van der Waals surface area contributed by atoms with Crippen molar-refractivity contribution in [1.29, 1.82) is 0 Å². The van der Waals surface area contributed by atoms with Gasteiger partial charge in [-0.1, -0.05) is 30.3 Å². The molecule has 0 spiro atoms. The zero-order chi connectivity index (χ0) is 22.1. The maximum atomic E-state index is 13.5. The van der Waals surface area contributed by atoms with Crippen LogP contribution in [0.4, 0.5) is 0 Å². The molecule has 0 atom stereocenters. The van der Waals surface area contributed by atoms with Crippen LogP contribution in [0.5, 0.6) is 5.75 Å². The molecular weight excluding hydrogens is 412 g/mol. The SMILES string of the molecule is CCOc1ccc(-n2c(=O)c3c(C)c(C)sc3n(CC(=O)c3ccccc3)c2=O)cc1. The summed E-state index contributed by atoms with van der Waals surface area (Å²) in [6.07, 6.45) is 0. The standard InChI is InChI=1S/C24H22N2O4S/c1-4-30-19-12-10-18(11-13-19)26-22(28)21-15(2)16(3)31-23(21)25(24(26)29)14-20(27)17-8-6-5-7-9-17/h5-13H,4,14H2,1-3H3. The van der Waals surface area contributed by atoms with Crippen molar-refractivity contribution >= 4 is 27.3 Å². The summed E-state index contributed by atoms with van der Waals surface area (Å²) in [6, 6.07) is 15.6. The number of fused-ring (bicyclic) bond motifs is 1. The lowest BCUT2D eigenvalue weighted by Gasteiger charge is -2.12. The molecule has 0 bridgehead atoms. The summed E-state index contributed by atoms with van der Waals surface area (Å²) in [7, 11) is 0. The highest BCUT2D eigenvalue weighted by Gasteiger charge is 2.21. The molecule has 0 N–H and O–H groups in total. The Balaban J connectivity index is 1.93. The van der Waals surface area contributed by atoms with Gasteiger partial charge in [-0.15, -0.1) is 11.3 Å². The topological polar surface area (TPSA) is 70.3 Å². The molecule has 4 rings (SSSR count). The second-order valence-electron chi connectivity index (χ2n) is 7.19. The minimum atomic E-state index is -0.535. The first-order valence-corrected chi connectivity index (χ1v) is 10.8. The molecule has 31 heavy (non-hydrogen) atoms. The van der Waals surface area contributed by atoms with Gasteiger partial charge in [-0.3, -0.25) is 14.2 Å². The molecule has 0 saturated heterocycles. The molecule has 0 aliphatic carbocycles. The van der Waals surface area contributed by atoms with Crippen molar-refractivity contribution in [1.82, 2.24) is 9.13 Å². The van der Waals surface area contributed by atoms with Crippen LogP contribution in [0.15, 0.2) is 64.2 Å². The fourth-order valence-electron chi connectivity index (χ4n) is 3.54. The number of thiophene rings is 1.